The molecule has 0 aliphatic heterocycles. The number of ether oxygens (including phenoxy) is 1. The van der Waals surface area contributed by atoms with Gasteiger partial charge in [-0.2, -0.15) is 0 Å². The van der Waals surface area contributed by atoms with Crippen LogP contribution in [0.15, 0.2) is 36.4 Å². The SMILES string of the molecule is COC(=O)Nc1ccc(NC(C)c2ccc(Cl)s2)cc1. The van der Waals surface area contributed by atoms with Gasteiger partial charge in [-0.15, -0.1) is 11.3 Å². The van der Waals surface area contributed by atoms with Crippen molar-refractivity contribution >= 4 is 40.4 Å². The maximum atomic E-state index is 11.1. The van der Waals surface area contributed by atoms with E-state index in [1.165, 1.54) is 12.0 Å². The predicted molar refractivity (Wildman–Crippen MR) is 83.8 cm³/mol. The highest BCUT2D eigenvalue weighted by Gasteiger charge is 2.08. The zero-order valence-electron chi connectivity index (χ0n) is 11.1. The van der Waals surface area contributed by atoms with Crippen LogP contribution in [0.5, 0.6) is 0 Å². The number of halogens is 1. The first-order valence-electron chi connectivity index (χ1n) is 6.05. The van der Waals surface area contributed by atoms with Crippen molar-refractivity contribution in [3.8, 4) is 0 Å². The summed E-state index contributed by atoms with van der Waals surface area (Å²) in [5, 5.41) is 5.98. The monoisotopic (exact) mass is 310 g/mol. The van der Waals surface area contributed by atoms with Crippen molar-refractivity contribution < 1.29 is 9.53 Å². The number of carbonyl (C=O) groups excluding carboxylic acids is 1. The van der Waals surface area contributed by atoms with Crippen LogP contribution in [-0.2, 0) is 4.74 Å². The van der Waals surface area contributed by atoms with Crippen LogP contribution in [0.1, 0.15) is 17.8 Å². The van der Waals surface area contributed by atoms with Gasteiger partial charge in [0.25, 0.3) is 0 Å². The lowest BCUT2D eigenvalue weighted by Crippen LogP contribution is -2.11. The lowest BCUT2D eigenvalue weighted by Gasteiger charge is -2.14. The fourth-order valence-corrected chi connectivity index (χ4v) is 2.76. The maximum absolute atomic E-state index is 11.1. The van der Waals surface area contributed by atoms with Crippen LogP contribution < -0.4 is 10.6 Å². The van der Waals surface area contributed by atoms with E-state index in [0.717, 1.165) is 10.0 Å². The Morgan fingerprint density at radius 1 is 1.20 bits per heavy atom. The molecule has 6 heteroatoms. The molecular weight excluding hydrogens is 296 g/mol. The van der Waals surface area contributed by atoms with Gasteiger partial charge in [0.15, 0.2) is 0 Å². The summed E-state index contributed by atoms with van der Waals surface area (Å²) in [5.41, 5.74) is 1.66. The second-order valence-corrected chi connectivity index (χ2v) is 5.95. The highest BCUT2D eigenvalue weighted by molar-refractivity contribution is 7.16. The standard InChI is InChI=1S/C14H15ClN2O2S/c1-9(12-7-8-13(15)20-12)16-10-3-5-11(6-4-10)17-14(18)19-2/h3-9,16H,1-2H3,(H,17,18). The second kappa shape index (κ2) is 6.63. The molecule has 2 N–H and O–H groups in total. The van der Waals surface area contributed by atoms with Gasteiger partial charge in [0.2, 0.25) is 0 Å². The normalized spacial score (nSPS) is 11.8. The molecule has 0 aliphatic rings. The number of thiophene rings is 1. The number of rotatable bonds is 4. The molecule has 0 aliphatic carbocycles. The van der Waals surface area contributed by atoms with Crippen molar-refractivity contribution in [1.29, 1.82) is 0 Å². The second-order valence-electron chi connectivity index (χ2n) is 4.20. The Bertz CT molecular complexity index is 583. The van der Waals surface area contributed by atoms with Crippen molar-refractivity contribution in [1.82, 2.24) is 0 Å². The summed E-state index contributed by atoms with van der Waals surface area (Å²) >= 11 is 7.49. The number of nitrogens with one attached hydrogen (secondary N) is 2. The number of anilines is 2. The molecule has 0 fully saturated rings. The molecule has 0 saturated carbocycles. The summed E-state index contributed by atoms with van der Waals surface area (Å²) in [6.45, 7) is 2.07. The molecule has 0 saturated heterocycles. The van der Waals surface area contributed by atoms with Crippen molar-refractivity contribution in [3.05, 3.63) is 45.6 Å². The Labute approximate surface area is 126 Å². The molecule has 0 spiro atoms. The van der Waals surface area contributed by atoms with E-state index in [9.17, 15) is 4.79 Å². The van der Waals surface area contributed by atoms with Crippen LogP contribution in [0.2, 0.25) is 4.34 Å². The molecule has 4 nitrogen and oxygen atoms in total. The summed E-state index contributed by atoms with van der Waals surface area (Å²) in [6, 6.07) is 11.5. The number of methoxy groups -OCH3 is 1. The predicted octanol–water partition coefficient (Wildman–Crippen LogP) is 4.75. The van der Waals surface area contributed by atoms with Crippen LogP contribution in [0.3, 0.4) is 0 Å². The first-order chi connectivity index (χ1) is 9.58. The Hall–Kier alpha value is -1.72. The first-order valence-corrected chi connectivity index (χ1v) is 7.24. The van der Waals surface area contributed by atoms with Crippen molar-refractivity contribution in [2.45, 2.75) is 13.0 Å². The summed E-state index contributed by atoms with van der Waals surface area (Å²) in [6.07, 6.45) is -0.479. The first kappa shape index (κ1) is 14.7. The Balaban J connectivity index is 1.98. The molecule has 1 aromatic heterocycles. The molecule has 1 aromatic carbocycles. The van der Waals surface area contributed by atoms with Crippen molar-refractivity contribution in [2.75, 3.05) is 17.7 Å². The minimum atomic E-state index is -0.479. The molecule has 1 unspecified atom stereocenters. The van der Waals surface area contributed by atoms with Crippen LogP contribution in [0, 0.1) is 0 Å². The lowest BCUT2D eigenvalue weighted by atomic mass is 10.2. The van der Waals surface area contributed by atoms with Gasteiger partial charge in [0.05, 0.1) is 17.5 Å². The highest BCUT2D eigenvalue weighted by Crippen LogP contribution is 2.29. The summed E-state index contributed by atoms with van der Waals surface area (Å²) < 4.78 is 5.32. The van der Waals surface area contributed by atoms with Gasteiger partial charge in [0.1, 0.15) is 0 Å². The van der Waals surface area contributed by atoms with E-state index >= 15 is 0 Å². The molecule has 0 radical (unpaired) electrons. The number of hydrogen-bond acceptors (Lipinski definition) is 4. The van der Waals surface area contributed by atoms with E-state index in [1.807, 2.05) is 36.4 Å². The quantitative estimate of drug-likeness (QED) is 0.856. The zero-order chi connectivity index (χ0) is 14.5. The number of amides is 1. The van der Waals surface area contributed by atoms with Crippen molar-refractivity contribution in [2.24, 2.45) is 0 Å². The van der Waals surface area contributed by atoms with E-state index in [-0.39, 0.29) is 6.04 Å². The van der Waals surface area contributed by atoms with E-state index in [0.29, 0.717) is 5.69 Å². The van der Waals surface area contributed by atoms with Gasteiger partial charge in [0, 0.05) is 16.3 Å². The summed E-state index contributed by atoms with van der Waals surface area (Å²) in [7, 11) is 1.33. The van der Waals surface area contributed by atoms with Gasteiger partial charge < -0.3 is 10.1 Å². The summed E-state index contributed by atoms with van der Waals surface area (Å²) in [4.78, 5) is 12.2. The van der Waals surface area contributed by atoms with Crippen LogP contribution in [-0.4, -0.2) is 13.2 Å². The molecule has 2 rings (SSSR count). The van der Waals surface area contributed by atoms with Crippen LogP contribution >= 0.6 is 22.9 Å². The fraction of sp³-hybridized carbons (Fsp3) is 0.214. The van der Waals surface area contributed by atoms with Gasteiger partial charge in [-0.1, -0.05) is 11.6 Å². The van der Waals surface area contributed by atoms with Crippen LogP contribution in [0.4, 0.5) is 16.2 Å². The minimum Gasteiger partial charge on any atom is -0.453 e. The van der Waals surface area contributed by atoms with Crippen molar-refractivity contribution in [3.63, 3.8) is 0 Å². The topological polar surface area (TPSA) is 50.4 Å². The zero-order valence-corrected chi connectivity index (χ0v) is 12.7. The van der Waals surface area contributed by atoms with E-state index in [4.69, 9.17) is 11.6 Å². The van der Waals surface area contributed by atoms with E-state index < -0.39 is 6.09 Å². The molecule has 1 atom stereocenters. The Morgan fingerprint density at radius 2 is 1.85 bits per heavy atom. The van der Waals surface area contributed by atoms with Gasteiger partial charge in [-0.05, 0) is 43.3 Å². The maximum Gasteiger partial charge on any atom is 0.411 e. The molecular formula is C14H15ClN2O2S. The minimum absolute atomic E-state index is 0.173. The van der Waals surface area contributed by atoms with E-state index in [1.54, 1.807) is 11.3 Å². The highest BCUT2D eigenvalue weighted by atomic mass is 35.5. The third-order valence-electron chi connectivity index (χ3n) is 2.72. The van der Waals surface area contributed by atoms with Crippen LogP contribution in [0.25, 0.3) is 0 Å². The smallest absolute Gasteiger partial charge is 0.411 e. The average molecular weight is 311 g/mol. The molecule has 1 heterocycles. The third kappa shape index (κ3) is 3.88. The largest absolute Gasteiger partial charge is 0.453 e. The third-order valence-corrected chi connectivity index (χ3v) is 4.13. The number of hydrogen-bond donors (Lipinski definition) is 2. The Morgan fingerprint density at radius 3 is 2.40 bits per heavy atom. The molecule has 1 amide bonds. The average Bonchev–Trinajstić information content (AvgIpc) is 2.87. The number of benzene rings is 1. The van der Waals surface area contributed by atoms with Gasteiger partial charge in [-0.3, -0.25) is 5.32 Å². The summed E-state index contributed by atoms with van der Waals surface area (Å²) in [5.74, 6) is 0. The molecule has 2 aromatic rings. The Kier molecular flexibility index (Phi) is 4.87. The van der Waals surface area contributed by atoms with E-state index in [2.05, 4.69) is 22.3 Å². The fourth-order valence-electron chi connectivity index (χ4n) is 1.70. The number of carbonyl (C=O) groups is 1. The molecule has 106 valence electrons. The molecule has 20 heavy (non-hydrogen) atoms. The van der Waals surface area contributed by atoms with Gasteiger partial charge in [-0.25, -0.2) is 4.79 Å². The lowest BCUT2D eigenvalue weighted by molar-refractivity contribution is 0.187. The molecule has 0 bridgehead atoms. The van der Waals surface area contributed by atoms with Gasteiger partial charge >= 0.3 is 6.09 Å².